The molecule has 17 heavy (non-hydrogen) atoms. The van der Waals surface area contributed by atoms with Crippen molar-refractivity contribution in [2.75, 3.05) is 11.1 Å². The maximum Gasteiger partial charge on any atom is 0.258 e. The molecule has 0 radical (unpaired) electrons. The summed E-state index contributed by atoms with van der Waals surface area (Å²) in [6, 6.07) is 5.09. The lowest BCUT2D eigenvalue weighted by atomic mass is 10.2. The van der Waals surface area contributed by atoms with Crippen LogP contribution < -0.4 is 11.1 Å². The van der Waals surface area contributed by atoms with E-state index in [9.17, 15) is 4.79 Å². The molecular weight excluding hydrogens is 216 g/mol. The fourth-order valence-corrected chi connectivity index (χ4v) is 1.35. The van der Waals surface area contributed by atoms with Gasteiger partial charge in [0.15, 0.2) is 0 Å². The molecule has 2 rings (SSSR count). The number of nitrogens with one attached hydrogen (secondary N) is 1. The second kappa shape index (κ2) is 4.61. The molecule has 0 spiro atoms. The van der Waals surface area contributed by atoms with Crippen molar-refractivity contribution in [1.29, 1.82) is 0 Å². The predicted molar refractivity (Wildman–Crippen MR) is 65.6 cm³/mol. The van der Waals surface area contributed by atoms with Crippen LogP contribution in [0.25, 0.3) is 0 Å². The van der Waals surface area contributed by atoms with Gasteiger partial charge in [-0.2, -0.15) is 0 Å². The third-order valence-electron chi connectivity index (χ3n) is 2.17. The van der Waals surface area contributed by atoms with Crippen molar-refractivity contribution < 1.29 is 4.79 Å². The Bertz CT molecular complexity index is 536. The molecule has 2 aromatic rings. The van der Waals surface area contributed by atoms with E-state index >= 15 is 0 Å². The molecule has 0 aromatic carbocycles. The van der Waals surface area contributed by atoms with E-state index in [1.165, 1.54) is 12.4 Å². The average Bonchev–Trinajstić information content (AvgIpc) is 2.32. The molecule has 0 atom stereocenters. The third-order valence-corrected chi connectivity index (χ3v) is 2.17. The summed E-state index contributed by atoms with van der Waals surface area (Å²) in [7, 11) is 0. The third kappa shape index (κ3) is 2.78. The van der Waals surface area contributed by atoms with Crippen molar-refractivity contribution in [1.82, 2.24) is 9.97 Å². The molecule has 0 aliphatic rings. The standard InChI is InChI=1S/C12H12N4O/c1-8-4-9(6-14-5-8)12(17)16-11-3-2-10(13)7-15-11/h2-7H,13H2,1H3,(H,15,16,17). The number of hydrogen-bond donors (Lipinski definition) is 2. The van der Waals surface area contributed by atoms with Crippen LogP contribution in [0.2, 0.25) is 0 Å². The van der Waals surface area contributed by atoms with Gasteiger partial charge in [-0.15, -0.1) is 0 Å². The van der Waals surface area contributed by atoms with Gasteiger partial charge in [-0.05, 0) is 30.7 Å². The number of amides is 1. The molecular formula is C12H12N4O. The molecule has 0 saturated carbocycles. The molecule has 0 unspecified atom stereocenters. The number of carbonyl (C=O) groups excluding carboxylic acids is 1. The minimum Gasteiger partial charge on any atom is -0.397 e. The summed E-state index contributed by atoms with van der Waals surface area (Å²) >= 11 is 0. The number of pyridine rings is 2. The van der Waals surface area contributed by atoms with Crippen molar-refractivity contribution in [2.45, 2.75) is 6.92 Å². The van der Waals surface area contributed by atoms with E-state index in [1.54, 1.807) is 24.4 Å². The lowest BCUT2D eigenvalue weighted by molar-refractivity contribution is 0.102. The zero-order valence-electron chi connectivity index (χ0n) is 9.34. The monoisotopic (exact) mass is 228 g/mol. The molecule has 5 heteroatoms. The molecule has 3 N–H and O–H groups in total. The number of rotatable bonds is 2. The molecule has 2 heterocycles. The van der Waals surface area contributed by atoms with E-state index in [0.29, 0.717) is 17.1 Å². The minimum atomic E-state index is -0.238. The Morgan fingerprint density at radius 1 is 1.29 bits per heavy atom. The van der Waals surface area contributed by atoms with Crippen molar-refractivity contribution in [3.63, 3.8) is 0 Å². The molecule has 0 fully saturated rings. The van der Waals surface area contributed by atoms with Crippen molar-refractivity contribution in [3.8, 4) is 0 Å². The summed E-state index contributed by atoms with van der Waals surface area (Å²) in [5.74, 6) is 0.226. The number of aromatic nitrogens is 2. The Labute approximate surface area is 98.7 Å². The quantitative estimate of drug-likeness (QED) is 0.818. The number of carbonyl (C=O) groups is 1. The first kappa shape index (κ1) is 11.1. The molecule has 0 saturated heterocycles. The Kier molecular flexibility index (Phi) is 3.00. The van der Waals surface area contributed by atoms with E-state index in [0.717, 1.165) is 5.56 Å². The van der Waals surface area contributed by atoms with Gasteiger partial charge < -0.3 is 11.1 Å². The van der Waals surface area contributed by atoms with E-state index in [1.807, 2.05) is 6.92 Å². The van der Waals surface area contributed by atoms with Crippen LogP contribution in [-0.2, 0) is 0 Å². The van der Waals surface area contributed by atoms with Crippen molar-refractivity contribution in [2.24, 2.45) is 0 Å². The summed E-state index contributed by atoms with van der Waals surface area (Å²) in [5, 5.41) is 2.67. The number of aryl methyl sites for hydroxylation is 1. The number of hydrogen-bond acceptors (Lipinski definition) is 4. The number of nitrogens with zero attached hydrogens (tertiary/aromatic N) is 2. The average molecular weight is 228 g/mol. The molecule has 86 valence electrons. The molecule has 0 aliphatic carbocycles. The van der Waals surface area contributed by atoms with Gasteiger partial charge >= 0.3 is 0 Å². The molecule has 1 amide bonds. The van der Waals surface area contributed by atoms with E-state index in [-0.39, 0.29) is 5.91 Å². The van der Waals surface area contributed by atoms with E-state index < -0.39 is 0 Å². The lowest BCUT2D eigenvalue weighted by Crippen LogP contribution is -2.13. The zero-order chi connectivity index (χ0) is 12.3. The fourth-order valence-electron chi connectivity index (χ4n) is 1.35. The Hall–Kier alpha value is -2.43. The Morgan fingerprint density at radius 3 is 2.76 bits per heavy atom. The first-order valence-corrected chi connectivity index (χ1v) is 5.10. The topological polar surface area (TPSA) is 80.9 Å². The van der Waals surface area contributed by atoms with E-state index in [4.69, 9.17) is 5.73 Å². The maximum absolute atomic E-state index is 11.8. The highest BCUT2D eigenvalue weighted by molar-refractivity contribution is 6.03. The second-order valence-electron chi connectivity index (χ2n) is 3.68. The van der Waals surface area contributed by atoms with Crippen molar-refractivity contribution >= 4 is 17.4 Å². The normalized spacial score (nSPS) is 9.94. The number of anilines is 2. The van der Waals surface area contributed by atoms with Gasteiger partial charge in [-0.3, -0.25) is 9.78 Å². The van der Waals surface area contributed by atoms with Crippen LogP contribution in [0.5, 0.6) is 0 Å². The minimum absolute atomic E-state index is 0.238. The smallest absolute Gasteiger partial charge is 0.258 e. The van der Waals surface area contributed by atoms with Crippen LogP contribution >= 0.6 is 0 Å². The lowest BCUT2D eigenvalue weighted by Gasteiger charge is -2.04. The molecule has 2 aromatic heterocycles. The summed E-state index contributed by atoms with van der Waals surface area (Å²) in [4.78, 5) is 19.8. The summed E-state index contributed by atoms with van der Waals surface area (Å²) < 4.78 is 0. The van der Waals surface area contributed by atoms with Gasteiger partial charge in [0.1, 0.15) is 5.82 Å². The zero-order valence-corrected chi connectivity index (χ0v) is 9.34. The number of nitrogens with two attached hydrogens (primary N) is 1. The molecule has 0 bridgehead atoms. The van der Waals surface area contributed by atoms with Crippen molar-refractivity contribution in [3.05, 3.63) is 47.9 Å². The first-order valence-electron chi connectivity index (χ1n) is 5.10. The fraction of sp³-hybridized carbons (Fsp3) is 0.0833. The molecule has 5 nitrogen and oxygen atoms in total. The first-order chi connectivity index (χ1) is 8.15. The van der Waals surface area contributed by atoms with Gasteiger partial charge in [0.2, 0.25) is 0 Å². The van der Waals surface area contributed by atoms with Crippen LogP contribution in [0, 0.1) is 6.92 Å². The van der Waals surface area contributed by atoms with Gasteiger partial charge in [-0.25, -0.2) is 4.98 Å². The Morgan fingerprint density at radius 2 is 2.12 bits per heavy atom. The second-order valence-corrected chi connectivity index (χ2v) is 3.68. The van der Waals surface area contributed by atoms with Crippen LogP contribution in [0.15, 0.2) is 36.8 Å². The predicted octanol–water partition coefficient (Wildman–Crippen LogP) is 1.62. The summed E-state index contributed by atoms with van der Waals surface area (Å²) in [6.07, 6.45) is 4.70. The van der Waals surface area contributed by atoms with Gasteiger partial charge in [0.25, 0.3) is 5.91 Å². The maximum atomic E-state index is 11.8. The van der Waals surface area contributed by atoms with Gasteiger partial charge in [0.05, 0.1) is 17.4 Å². The van der Waals surface area contributed by atoms with Crippen LogP contribution in [0.1, 0.15) is 15.9 Å². The van der Waals surface area contributed by atoms with Gasteiger partial charge in [0, 0.05) is 12.4 Å². The van der Waals surface area contributed by atoms with Gasteiger partial charge in [-0.1, -0.05) is 0 Å². The highest BCUT2D eigenvalue weighted by Crippen LogP contribution is 2.08. The van der Waals surface area contributed by atoms with Crippen LogP contribution in [0.3, 0.4) is 0 Å². The van der Waals surface area contributed by atoms with Crippen LogP contribution in [0.4, 0.5) is 11.5 Å². The number of nitrogen functional groups attached to an aromatic ring is 1. The highest BCUT2D eigenvalue weighted by Gasteiger charge is 2.06. The van der Waals surface area contributed by atoms with Crippen LogP contribution in [-0.4, -0.2) is 15.9 Å². The largest absolute Gasteiger partial charge is 0.397 e. The summed E-state index contributed by atoms with van der Waals surface area (Å²) in [6.45, 7) is 1.88. The highest BCUT2D eigenvalue weighted by atomic mass is 16.1. The summed E-state index contributed by atoms with van der Waals surface area (Å²) in [5.41, 5.74) is 7.50. The van der Waals surface area contributed by atoms with E-state index in [2.05, 4.69) is 15.3 Å². The molecule has 0 aliphatic heterocycles. The Balaban J connectivity index is 2.14. The SMILES string of the molecule is Cc1cncc(C(=O)Nc2ccc(N)cn2)c1.